The lowest BCUT2D eigenvalue weighted by Crippen LogP contribution is -2.53. The van der Waals surface area contributed by atoms with Crippen molar-refractivity contribution in [1.82, 2.24) is 0 Å². The highest BCUT2D eigenvalue weighted by Gasteiger charge is 2.49. The van der Waals surface area contributed by atoms with Crippen molar-refractivity contribution >= 4 is 27.7 Å². The van der Waals surface area contributed by atoms with Gasteiger partial charge in [-0.05, 0) is 73.7 Å². The van der Waals surface area contributed by atoms with E-state index in [0.717, 1.165) is 10.5 Å². The molecule has 0 bridgehead atoms. The van der Waals surface area contributed by atoms with Crippen molar-refractivity contribution in [3.63, 3.8) is 0 Å². The molecule has 0 saturated carbocycles. The minimum Gasteiger partial charge on any atom is -0.443 e. The zero-order valence-electron chi connectivity index (χ0n) is 13.4. The highest BCUT2D eigenvalue weighted by molar-refractivity contribution is 9.10. The van der Waals surface area contributed by atoms with Crippen molar-refractivity contribution in [2.24, 2.45) is 0 Å². The predicted octanol–water partition coefficient (Wildman–Crippen LogP) is 5.38. The lowest BCUT2D eigenvalue weighted by Gasteiger charge is -2.39. The van der Waals surface area contributed by atoms with E-state index in [1.165, 1.54) is 0 Å². The highest BCUT2D eigenvalue weighted by Crippen LogP contribution is 2.43. The monoisotopic (exact) mass is 393 g/mol. The average molecular weight is 394 g/mol. The Morgan fingerprint density at radius 1 is 1.30 bits per heavy atom. The molecule has 3 nitrogen and oxygen atoms in total. The predicted molar refractivity (Wildman–Crippen MR) is 85.8 cm³/mol. The molecule has 2 rings (SSSR count). The van der Waals surface area contributed by atoms with Crippen LogP contribution in [0.1, 0.15) is 38.3 Å². The number of rotatable bonds is 0. The topological polar surface area (TPSA) is 29.5 Å². The van der Waals surface area contributed by atoms with Gasteiger partial charge in [0.15, 0.2) is 0 Å². The Labute approximate surface area is 141 Å². The van der Waals surface area contributed by atoms with Gasteiger partial charge in [-0.25, -0.2) is 4.79 Å². The zero-order valence-corrected chi connectivity index (χ0v) is 15.0. The van der Waals surface area contributed by atoms with Gasteiger partial charge in [-0.15, -0.1) is 0 Å². The second-order valence-electron chi connectivity index (χ2n) is 6.70. The number of carbonyl (C=O) groups is 1. The fraction of sp³-hybridized carbons (Fsp3) is 0.562. The quantitative estimate of drug-likeness (QED) is 0.592. The molecule has 7 heteroatoms. The zero-order chi connectivity index (χ0) is 17.6. The average Bonchev–Trinajstić information content (AvgIpc) is 2.33. The second-order valence-corrected chi connectivity index (χ2v) is 7.56. The summed E-state index contributed by atoms with van der Waals surface area (Å²) in [5.41, 5.74) is 1.01. The number of nitrogens with zero attached hydrogens (tertiary/aromatic N) is 1. The van der Waals surface area contributed by atoms with Crippen molar-refractivity contribution < 1.29 is 22.7 Å². The first kappa shape index (κ1) is 18.1. The van der Waals surface area contributed by atoms with E-state index >= 15 is 0 Å². The van der Waals surface area contributed by atoms with Crippen LogP contribution < -0.4 is 4.90 Å². The molecule has 23 heavy (non-hydrogen) atoms. The summed E-state index contributed by atoms with van der Waals surface area (Å²) >= 11 is 3.30. The Morgan fingerprint density at radius 2 is 1.91 bits per heavy atom. The normalized spacial score (nSPS) is 18.6. The first-order chi connectivity index (χ1) is 10.4. The highest BCUT2D eigenvalue weighted by atomic mass is 79.9. The molecule has 1 atom stereocenters. The van der Waals surface area contributed by atoms with Gasteiger partial charge in [-0.1, -0.05) is 6.07 Å². The van der Waals surface area contributed by atoms with E-state index in [2.05, 4.69) is 15.9 Å². The van der Waals surface area contributed by atoms with Gasteiger partial charge in [0.25, 0.3) is 0 Å². The standard InChI is InChI=1S/C16H19BrF3NO2/c1-9-7-10-5-6-12(16(18,19)20)21(13(10)11(17)8-9)14(22)23-15(2,3)4/h7-8,12H,5-6H2,1-4H3. The number of anilines is 1. The molecular formula is C16H19BrF3NO2. The van der Waals surface area contributed by atoms with Gasteiger partial charge in [0.1, 0.15) is 11.6 Å². The Bertz CT molecular complexity index is 623. The summed E-state index contributed by atoms with van der Waals surface area (Å²) in [6, 6.07) is 1.63. The molecule has 1 aromatic rings. The third-order valence-electron chi connectivity index (χ3n) is 3.49. The molecule has 0 aliphatic carbocycles. The minimum absolute atomic E-state index is 0.175. The number of hydrogen-bond acceptors (Lipinski definition) is 2. The van der Waals surface area contributed by atoms with Gasteiger partial charge < -0.3 is 4.74 Å². The summed E-state index contributed by atoms with van der Waals surface area (Å²) in [6.45, 7) is 6.74. The van der Waals surface area contributed by atoms with Gasteiger partial charge in [-0.2, -0.15) is 13.2 Å². The fourth-order valence-electron chi connectivity index (χ4n) is 2.68. The van der Waals surface area contributed by atoms with Crippen LogP contribution in [-0.2, 0) is 11.2 Å². The summed E-state index contributed by atoms with van der Waals surface area (Å²) in [4.78, 5) is 13.2. The molecule has 128 valence electrons. The van der Waals surface area contributed by atoms with Crippen LogP contribution in [0.3, 0.4) is 0 Å². The van der Waals surface area contributed by atoms with Gasteiger partial charge in [0, 0.05) is 4.47 Å². The smallest absolute Gasteiger partial charge is 0.415 e. The van der Waals surface area contributed by atoms with Gasteiger partial charge >= 0.3 is 12.3 Å². The third-order valence-corrected chi connectivity index (χ3v) is 4.10. The second kappa shape index (κ2) is 6.00. The Morgan fingerprint density at radius 3 is 2.43 bits per heavy atom. The SMILES string of the molecule is Cc1cc(Br)c2c(c1)CCC(C(F)(F)F)N2C(=O)OC(C)(C)C. The summed E-state index contributed by atoms with van der Waals surface area (Å²) in [6.07, 6.45) is -5.41. The maximum absolute atomic E-state index is 13.4. The summed E-state index contributed by atoms with van der Waals surface area (Å²) in [7, 11) is 0. The summed E-state index contributed by atoms with van der Waals surface area (Å²) in [5.74, 6) is 0. The molecule has 1 aliphatic heterocycles. The number of amides is 1. The molecule has 1 heterocycles. The molecule has 1 aliphatic rings. The molecule has 1 aromatic carbocycles. The number of carbonyl (C=O) groups excluding carboxylic acids is 1. The first-order valence-corrected chi connectivity index (χ1v) is 8.07. The van der Waals surface area contributed by atoms with E-state index in [1.807, 2.05) is 13.0 Å². The van der Waals surface area contributed by atoms with E-state index in [-0.39, 0.29) is 18.5 Å². The minimum atomic E-state index is -4.51. The molecule has 0 fully saturated rings. The molecule has 0 N–H and O–H groups in total. The molecule has 0 spiro atoms. The van der Waals surface area contributed by atoms with E-state index in [1.54, 1.807) is 26.8 Å². The molecular weight excluding hydrogens is 375 g/mol. The molecule has 1 unspecified atom stereocenters. The van der Waals surface area contributed by atoms with E-state index in [4.69, 9.17) is 4.74 Å². The van der Waals surface area contributed by atoms with Crippen LogP contribution in [0, 0.1) is 6.92 Å². The van der Waals surface area contributed by atoms with E-state index < -0.39 is 23.9 Å². The van der Waals surface area contributed by atoms with Crippen molar-refractivity contribution in [2.45, 2.75) is 58.4 Å². The molecule has 0 saturated heterocycles. The number of hydrogen-bond donors (Lipinski definition) is 0. The lowest BCUT2D eigenvalue weighted by molar-refractivity contribution is -0.150. The number of benzene rings is 1. The third kappa shape index (κ3) is 4.00. The first-order valence-electron chi connectivity index (χ1n) is 7.28. The maximum Gasteiger partial charge on any atom is 0.415 e. The largest absolute Gasteiger partial charge is 0.443 e. The molecule has 1 amide bonds. The molecule has 0 aromatic heterocycles. The van der Waals surface area contributed by atoms with Gasteiger partial charge in [0.2, 0.25) is 0 Å². The number of aryl methyl sites for hydroxylation is 2. The maximum atomic E-state index is 13.4. The fourth-order valence-corrected chi connectivity index (χ4v) is 3.49. The summed E-state index contributed by atoms with van der Waals surface area (Å²) < 4.78 is 46.0. The van der Waals surface area contributed by atoms with Crippen LogP contribution in [0.15, 0.2) is 16.6 Å². The van der Waals surface area contributed by atoms with Crippen LogP contribution in [-0.4, -0.2) is 23.9 Å². The van der Waals surface area contributed by atoms with Crippen LogP contribution in [0.25, 0.3) is 0 Å². The van der Waals surface area contributed by atoms with E-state index in [9.17, 15) is 18.0 Å². The summed E-state index contributed by atoms with van der Waals surface area (Å²) in [5, 5.41) is 0. The van der Waals surface area contributed by atoms with Crippen molar-refractivity contribution in [2.75, 3.05) is 4.90 Å². The number of halogens is 4. The van der Waals surface area contributed by atoms with Crippen LogP contribution in [0.5, 0.6) is 0 Å². The lowest BCUT2D eigenvalue weighted by atomic mass is 9.94. The van der Waals surface area contributed by atoms with Crippen molar-refractivity contribution in [3.05, 3.63) is 27.7 Å². The Hall–Kier alpha value is -1.24. The Kier molecular flexibility index (Phi) is 4.72. The number of fused-ring (bicyclic) bond motifs is 1. The molecule has 0 radical (unpaired) electrons. The van der Waals surface area contributed by atoms with Crippen LogP contribution >= 0.6 is 15.9 Å². The van der Waals surface area contributed by atoms with Crippen molar-refractivity contribution in [1.29, 1.82) is 0 Å². The van der Waals surface area contributed by atoms with Crippen molar-refractivity contribution in [3.8, 4) is 0 Å². The number of ether oxygens (including phenoxy) is 1. The van der Waals surface area contributed by atoms with E-state index in [0.29, 0.717) is 10.0 Å². The van der Waals surface area contributed by atoms with Crippen LogP contribution in [0.4, 0.5) is 23.7 Å². The van der Waals surface area contributed by atoms with Gasteiger partial charge in [-0.3, -0.25) is 4.90 Å². The van der Waals surface area contributed by atoms with Gasteiger partial charge in [0.05, 0.1) is 5.69 Å². The number of alkyl halides is 3. The van der Waals surface area contributed by atoms with Crippen LogP contribution in [0.2, 0.25) is 0 Å². The Balaban J connectivity index is 2.54.